The molecule has 0 unspecified atom stereocenters. The van der Waals surface area contributed by atoms with E-state index in [4.69, 9.17) is 0 Å². The Kier molecular flexibility index (Phi) is 5.85. The van der Waals surface area contributed by atoms with Crippen molar-refractivity contribution < 1.29 is 13.2 Å². The van der Waals surface area contributed by atoms with E-state index in [9.17, 15) is 13.2 Å². The third-order valence-corrected chi connectivity index (χ3v) is 3.39. The van der Waals surface area contributed by atoms with Crippen molar-refractivity contribution in [2.45, 2.75) is 40.0 Å². The lowest BCUT2D eigenvalue weighted by atomic mass is 9.83. The van der Waals surface area contributed by atoms with Gasteiger partial charge in [0.1, 0.15) is 17.5 Å². The Morgan fingerprint density at radius 3 is 2.16 bits per heavy atom. The number of nitrogens with one attached hydrogen (secondary N) is 1. The Bertz CT molecular complexity index is 393. The number of hydrogen-bond acceptors (Lipinski definition) is 1. The van der Waals surface area contributed by atoms with E-state index in [1.807, 2.05) is 6.92 Å². The van der Waals surface area contributed by atoms with Crippen LogP contribution in [-0.2, 0) is 6.42 Å². The van der Waals surface area contributed by atoms with Gasteiger partial charge >= 0.3 is 0 Å². The summed E-state index contributed by atoms with van der Waals surface area (Å²) < 4.78 is 39.8. The third kappa shape index (κ3) is 5.23. The lowest BCUT2D eigenvalue weighted by molar-refractivity contribution is 0.300. The van der Waals surface area contributed by atoms with Crippen molar-refractivity contribution in [1.82, 2.24) is 5.32 Å². The number of halogens is 3. The molecule has 0 bridgehead atoms. The Morgan fingerprint density at radius 1 is 1.05 bits per heavy atom. The molecule has 0 amide bonds. The maximum Gasteiger partial charge on any atom is 0.132 e. The average Bonchev–Trinajstić information content (AvgIpc) is 2.27. The van der Waals surface area contributed by atoms with Gasteiger partial charge in [-0.25, -0.2) is 13.2 Å². The molecule has 0 aromatic heterocycles. The monoisotopic (exact) mass is 273 g/mol. The molecule has 0 aliphatic rings. The van der Waals surface area contributed by atoms with Crippen molar-refractivity contribution >= 4 is 0 Å². The maximum atomic E-state index is 13.5. The van der Waals surface area contributed by atoms with Gasteiger partial charge < -0.3 is 5.32 Å². The second kappa shape index (κ2) is 6.94. The first-order chi connectivity index (χ1) is 8.85. The zero-order chi connectivity index (χ0) is 14.5. The second-order valence-corrected chi connectivity index (χ2v) is 5.62. The highest BCUT2D eigenvalue weighted by Gasteiger charge is 2.20. The molecule has 1 aromatic carbocycles. The summed E-state index contributed by atoms with van der Waals surface area (Å²) in [6, 6.07) is 1.48. The largest absolute Gasteiger partial charge is 0.317 e. The van der Waals surface area contributed by atoms with E-state index >= 15 is 0 Å². The highest BCUT2D eigenvalue weighted by Crippen LogP contribution is 2.28. The van der Waals surface area contributed by atoms with Gasteiger partial charge in [-0.1, -0.05) is 20.8 Å². The molecule has 1 aromatic rings. The molecule has 1 rings (SSSR count). The number of hydrogen-bond donors (Lipinski definition) is 1. The first-order valence-corrected chi connectivity index (χ1v) is 6.70. The molecular weight excluding hydrogens is 251 g/mol. The smallest absolute Gasteiger partial charge is 0.132 e. The lowest BCUT2D eigenvalue weighted by Crippen LogP contribution is -2.23. The van der Waals surface area contributed by atoms with Crippen LogP contribution in [0.15, 0.2) is 12.1 Å². The molecule has 0 aliphatic heterocycles. The predicted molar refractivity (Wildman–Crippen MR) is 71.6 cm³/mol. The standard InChI is InChI=1S/C15H22F3N/c1-4-19-8-7-15(2,3)6-5-12-13(17)9-11(16)10-14(12)18/h9-10,19H,4-8H2,1-3H3. The third-order valence-electron chi connectivity index (χ3n) is 3.39. The fourth-order valence-electron chi connectivity index (χ4n) is 2.00. The van der Waals surface area contributed by atoms with Crippen LogP contribution < -0.4 is 5.32 Å². The number of rotatable bonds is 7. The normalized spacial score (nSPS) is 11.9. The van der Waals surface area contributed by atoms with Gasteiger partial charge in [-0.2, -0.15) is 0 Å². The molecule has 108 valence electrons. The van der Waals surface area contributed by atoms with E-state index in [2.05, 4.69) is 19.2 Å². The Morgan fingerprint density at radius 2 is 1.63 bits per heavy atom. The molecule has 1 nitrogen and oxygen atoms in total. The van der Waals surface area contributed by atoms with E-state index < -0.39 is 17.5 Å². The molecule has 0 fully saturated rings. The SMILES string of the molecule is CCNCCC(C)(C)CCc1c(F)cc(F)cc1F. The van der Waals surface area contributed by atoms with E-state index in [-0.39, 0.29) is 17.4 Å². The van der Waals surface area contributed by atoms with E-state index in [1.165, 1.54) is 0 Å². The van der Waals surface area contributed by atoms with Crippen molar-refractivity contribution in [2.75, 3.05) is 13.1 Å². The molecule has 0 radical (unpaired) electrons. The fourth-order valence-corrected chi connectivity index (χ4v) is 2.00. The summed E-state index contributed by atoms with van der Waals surface area (Å²) in [5, 5.41) is 3.24. The van der Waals surface area contributed by atoms with Crippen molar-refractivity contribution in [2.24, 2.45) is 5.41 Å². The van der Waals surface area contributed by atoms with Crippen LogP contribution in [0.4, 0.5) is 13.2 Å². The van der Waals surface area contributed by atoms with Crippen LogP contribution in [-0.4, -0.2) is 13.1 Å². The zero-order valence-electron chi connectivity index (χ0n) is 11.8. The molecule has 0 saturated carbocycles. The first kappa shape index (κ1) is 16.0. The van der Waals surface area contributed by atoms with Gasteiger partial charge in [0.15, 0.2) is 0 Å². The van der Waals surface area contributed by atoms with E-state index in [0.29, 0.717) is 6.42 Å². The van der Waals surface area contributed by atoms with Crippen LogP contribution in [0.1, 0.15) is 39.2 Å². The van der Waals surface area contributed by atoms with Gasteiger partial charge in [0.25, 0.3) is 0 Å². The summed E-state index contributed by atoms with van der Waals surface area (Å²) >= 11 is 0. The molecule has 0 saturated heterocycles. The van der Waals surface area contributed by atoms with Crippen LogP contribution >= 0.6 is 0 Å². The van der Waals surface area contributed by atoms with Crippen molar-refractivity contribution in [3.8, 4) is 0 Å². The highest BCUT2D eigenvalue weighted by molar-refractivity contribution is 5.21. The first-order valence-electron chi connectivity index (χ1n) is 6.70. The highest BCUT2D eigenvalue weighted by atomic mass is 19.1. The van der Waals surface area contributed by atoms with Gasteiger partial charge in [-0.15, -0.1) is 0 Å². The van der Waals surface area contributed by atoms with Gasteiger partial charge in [0, 0.05) is 17.7 Å². The summed E-state index contributed by atoms with van der Waals surface area (Å²) in [6.45, 7) is 7.98. The molecule has 1 N–H and O–H groups in total. The second-order valence-electron chi connectivity index (χ2n) is 5.62. The molecule has 0 atom stereocenters. The van der Waals surface area contributed by atoms with Crippen molar-refractivity contribution in [3.05, 3.63) is 35.1 Å². The van der Waals surface area contributed by atoms with Gasteiger partial charge in [0.2, 0.25) is 0 Å². The molecule has 0 aliphatic carbocycles. The molecule has 0 spiro atoms. The predicted octanol–water partition coefficient (Wildman–Crippen LogP) is 4.06. The topological polar surface area (TPSA) is 12.0 Å². The minimum absolute atomic E-state index is 0.00453. The Labute approximate surface area is 113 Å². The van der Waals surface area contributed by atoms with Crippen LogP contribution in [0.2, 0.25) is 0 Å². The molecular formula is C15H22F3N. The average molecular weight is 273 g/mol. The minimum Gasteiger partial charge on any atom is -0.317 e. The summed E-state index contributed by atoms with van der Waals surface area (Å²) in [5.41, 5.74) is -0.0203. The maximum absolute atomic E-state index is 13.5. The Balaban J connectivity index is 2.61. The summed E-state index contributed by atoms with van der Waals surface area (Å²) in [4.78, 5) is 0. The van der Waals surface area contributed by atoms with Crippen molar-refractivity contribution in [1.29, 1.82) is 0 Å². The van der Waals surface area contributed by atoms with Gasteiger partial charge in [0.05, 0.1) is 0 Å². The zero-order valence-corrected chi connectivity index (χ0v) is 11.8. The summed E-state index contributed by atoms with van der Waals surface area (Å²) in [5.74, 6) is -2.45. The number of benzene rings is 1. The quantitative estimate of drug-likeness (QED) is 0.739. The van der Waals surface area contributed by atoms with Crippen LogP contribution in [0.5, 0.6) is 0 Å². The van der Waals surface area contributed by atoms with Crippen LogP contribution in [0.25, 0.3) is 0 Å². The molecule has 4 heteroatoms. The molecule has 0 heterocycles. The van der Waals surface area contributed by atoms with Crippen LogP contribution in [0.3, 0.4) is 0 Å². The summed E-state index contributed by atoms with van der Waals surface area (Å²) in [7, 11) is 0. The van der Waals surface area contributed by atoms with Crippen LogP contribution in [0, 0.1) is 22.9 Å². The minimum atomic E-state index is -0.870. The Hall–Kier alpha value is -1.03. The van der Waals surface area contributed by atoms with Gasteiger partial charge in [-0.3, -0.25) is 0 Å². The van der Waals surface area contributed by atoms with E-state index in [0.717, 1.165) is 31.6 Å². The molecule has 19 heavy (non-hydrogen) atoms. The fraction of sp³-hybridized carbons (Fsp3) is 0.600. The van der Waals surface area contributed by atoms with Crippen molar-refractivity contribution in [3.63, 3.8) is 0 Å². The van der Waals surface area contributed by atoms with Gasteiger partial charge in [-0.05, 0) is 37.8 Å². The summed E-state index contributed by atoms with van der Waals surface area (Å²) in [6.07, 6.45) is 1.89. The lowest BCUT2D eigenvalue weighted by Gasteiger charge is -2.25. The van der Waals surface area contributed by atoms with E-state index in [1.54, 1.807) is 0 Å².